The molecule has 0 bridgehead atoms. The third-order valence-electron chi connectivity index (χ3n) is 5.69. The minimum absolute atomic E-state index is 0.000680. The van der Waals surface area contributed by atoms with Crippen molar-refractivity contribution >= 4 is 38.3 Å². The van der Waals surface area contributed by atoms with Crippen LogP contribution in [0.2, 0.25) is 0 Å². The van der Waals surface area contributed by atoms with E-state index in [0.717, 1.165) is 16.3 Å². The Morgan fingerprint density at radius 2 is 1.71 bits per heavy atom. The van der Waals surface area contributed by atoms with Crippen molar-refractivity contribution in [3.05, 3.63) is 92.6 Å². The molecule has 0 amide bonds. The molecule has 0 saturated carbocycles. The number of aryl methyl sites for hydroxylation is 1. The van der Waals surface area contributed by atoms with E-state index in [4.69, 9.17) is 10.2 Å². The summed E-state index contributed by atoms with van der Waals surface area (Å²) in [6.45, 7) is 1.96. The molecule has 6 nitrogen and oxygen atoms in total. The molecule has 6 heteroatoms. The van der Waals surface area contributed by atoms with Gasteiger partial charge in [0.2, 0.25) is 0 Å². The predicted molar refractivity (Wildman–Crippen MR) is 122 cm³/mol. The van der Waals surface area contributed by atoms with Crippen LogP contribution < -0.4 is 16.9 Å². The summed E-state index contributed by atoms with van der Waals surface area (Å²) in [6, 6.07) is 20.5. The summed E-state index contributed by atoms with van der Waals surface area (Å²) in [6.07, 6.45) is 0.652. The minimum atomic E-state index is -0.790. The summed E-state index contributed by atoms with van der Waals surface area (Å²) in [7, 11) is 0. The van der Waals surface area contributed by atoms with E-state index in [1.807, 2.05) is 49.4 Å². The molecule has 31 heavy (non-hydrogen) atoms. The molecule has 0 aliphatic heterocycles. The lowest BCUT2D eigenvalue weighted by molar-refractivity contribution is 0.569. The van der Waals surface area contributed by atoms with Crippen molar-refractivity contribution in [1.29, 1.82) is 5.26 Å². The van der Waals surface area contributed by atoms with Gasteiger partial charge in [-0.1, -0.05) is 55.5 Å². The van der Waals surface area contributed by atoms with Crippen molar-refractivity contribution in [3.8, 4) is 11.8 Å². The first-order chi connectivity index (χ1) is 15.1. The number of nitrogen functional groups attached to an aromatic ring is 1. The first-order valence-electron chi connectivity index (χ1n) is 9.88. The second-order valence-corrected chi connectivity index (χ2v) is 7.29. The van der Waals surface area contributed by atoms with E-state index >= 15 is 0 Å². The number of fused-ring (bicyclic) bond motifs is 5. The maximum absolute atomic E-state index is 13.6. The number of nitriles is 1. The van der Waals surface area contributed by atoms with Gasteiger partial charge < -0.3 is 10.2 Å². The van der Waals surface area contributed by atoms with Crippen LogP contribution in [0, 0.1) is 11.3 Å². The highest BCUT2D eigenvalue weighted by atomic mass is 16.4. The van der Waals surface area contributed by atoms with Gasteiger partial charge in [0.25, 0.3) is 5.56 Å². The molecule has 2 heterocycles. The van der Waals surface area contributed by atoms with Gasteiger partial charge in [0.1, 0.15) is 28.4 Å². The number of nitrogens with two attached hydrogens (primary N) is 1. The van der Waals surface area contributed by atoms with Gasteiger partial charge in [0, 0.05) is 10.8 Å². The Morgan fingerprint density at radius 3 is 2.48 bits per heavy atom. The highest BCUT2D eigenvalue weighted by molar-refractivity contribution is 6.20. The first kappa shape index (κ1) is 18.6. The third-order valence-corrected chi connectivity index (χ3v) is 5.69. The number of benzene rings is 3. The number of rotatable bonds is 2. The van der Waals surface area contributed by atoms with Gasteiger partial charge in [-0.2, -0.15) is 5.26 Å². The SMILES string of the molecule is CCc1ccccc1-n1c(N)c(C#N)c2c(c(=O)oc3ccc4ccccc4c32)c1=O. The van der Waals surface area contributed by atoms with Gasteiger partial charge in [-0.05, 0) is 34.9 Å². The number of nitrogens with zero attached hydrogens (tertiary/aromatic N) is 2. The number of anilines is 1. The molecule has 2 N–H and O–H groups in total. The number of hydrogen-bond donors (Lipinski definition) is 1. The normalized spacial score (nSPS) is 11.2. The number of aromatic nitrogens is 1. The second kappa shape index (κ2) is 6.85. The van der Waals surface area contributed by atoms with Crippen LogP contribution in [-0.2, 0) is 6.42 Å². The van der Waals surface area contributed by atoms with Crippen LogP contribution >= 0.6 is 0 Å². The highest BCUT2D eigenvalue weighted by Crippen LogP contribution is 2.34. The van der Waals surface area contributed by atoms with Gasteiger partial charge >= 0.3 is 5.63 Å². The fraction of sp³-hybridized carbons (Fsp3) is 0.0800. The summed E-state index contributed by atoms with van der Waals surface area (Å²) in [5.41, 5.74) is 6.82. The van der Waals surface area contributed by atoms with Crippen LogP contribution in [0.3, 0.4) is 0 Å². The lowest BCUT2D eigenvalue weighted by Gasteiger charge is -2.17. The first-order valence-corrected chi connectivity index (χ1v) is 9.88. The summed E-state index contributed by atoms with van der Waals surface area (Å²) < 4.78 is 6.78. The van der Waals surface area contributed by atoms with Gasteiger partial charge in [-0.15, -0.1) is 0 Å². The van der Waals surface area contributed by atoms with E-state index in [1.54, 1.807) is 18.2 Å². The molecule has 0 fully saturated rings. The Kier molecular flexibility index (Phi) is 4.12. The lowest BCUT2D eigenvalue weighted by atomic mass is 9.98. The zero-order valence-electron chi connectivity index (χ0n) is 16.7. The predicted octanol–water partition coefficient (Wildman–Crippen LogP) is 4.27. The molecule has 5 aromatic rings. The second-order valence-electron chi connectivity index (χ2n) is 7.29. The van der Waals surface area contributed by atoms with Crippen molar-refractivity contribution in [2.75, 3.05) is 5.73 Å². The van der Waals surface area contributed by atoms with Crippen molar-refractivity contribution < 1.29 is 4.42 Å². The summed E-state index contributed by atoms with van der Waals surface area (Å²) in [5, 5.41) is 12.3. The molecule has 0 aliphatic rings. The highest BCUT2D eigenvalue weighted by Gasteiger charge is 2.23. The Bertz CT molecular complexity index is 1690. The molecule has 0 radical (unpaired) electrons. The Labute approximate surface area is 176 Å². The minimum Gasteiger partial charge on any atom is -0.422 e. The molecular formula is C25H17N3O3. The average Bonchev–Trinajstić information content (AvgIpc) is 2.79. The fourth-order valence-electron chi connectivity index (χ4n) is 4.26. The van der Waals surface area contributed by atoms with E-state index in [2.05, 4.69) is 6.07 Å². The fourth-order valence-corrected chi connectivity index (χ4v) is 4.26. The van der Waals surface area contributed by atoms with Crippen LogP contribution in [0.25, 0.3) is 38.2 Å². The zero-order valence-corrected chi connectivity index (χ0v) is 16.7. The molecule has 3 aromatic carbocycles. The molecular weight excluding hydrogens is 390 g/mol. The maximum Gasteiger partial charge on any atom is 0.349 e. The summed E-state index contributed by atoms with van der Waals surface area (Å²) in [5.74, 6) is 0.000680. The Hall–Kier alpha value is -4.37. The van der Waals surface area contributed by atoms with E-state index in [-0.39, 0.29) is 22.2 Å². The van der Waals surface area contributed by atoms with E-state index in [0.29, 0.717) is 23.1 Å². The van der Waals surface area contributed by atoms with Gasteiger partial charge in [0.15, 0.2) is 0 Å². The topological polar surface area (TPSA) is 102 Å². The standard InChI is InChI=1S/C25H17N3O3/c1-2-14-7-4-6-10-18(14)28-23(27)17(13-26)21-20-16-9-5-3-8-15(16)11-12-19(20)31-25(30)22(21)24(28)29/h3-12H,2,27H2,1H3. The van der Waals surface area contributed by atoms with E-state index < -0.39 is 11.2 Å². The molecule has 5 rings (SSSR count). The van der Waals surface area contributed by atoms with Crippen molar-refractivity contribution in [1.82, 2.24) is 4.57 Å². The van der Waals surface area contributed by atoms with E-state index in [9.17, 15) is 14.9 Å². The van der Waals surface area contributed by atoms with Crippen molar-refractivity contribution in [2.24, 2.45) is 0 Å². The summed E-state index contributed by atoms with van der Waals surface area (Å²) >= 11 is 0. The third kappa shape index (κ3) is 2.57. The largest absolute Gasteiger partial charge is 0.422 e. The van der Waals surface area contributed by atoms with Gasteiger partial charge in [-0.25, -0.2) is 4.79 Å². The van der Waals surface area contributed by atoms with Crippen LogP contribution in [-0.4, -0.2) is 4.57 Å². The number of hydrogen-bond acceptors (Lipinski definition) is 5. The van der Waals surface area contributed by atoms with Crippen LogP contribution in [0.4, 0.5) is 5.82 Å². The smallest absolute Gasteiger partial charge is 0.349 e. The molecule has 2 aromatic heterocycles. The molecule has 0 unspecified atom stereocenters. The summed E-state index contributed by atoms with van der Waals surface area (Å²) in [4.78, 5) is 26.5. The zero-order chi connectivity index (χ0) is 21.7. The Morgan fingerprint density at radius 1 is 0.968 bits per heavy atom. The quantitative estimate of drug-likeness (QED) is 0.348. The molecule has 0 spiro atoms. The van der Waals surface area contributed by atoms with Crippen LogP contribution in [0.15, 0.2) is 74.7 Å². The molecule has 0 atom stereocenters. The number of pyridine rings is 1. The van der Waals surface area contributed by atoms with Crippen molar-refractivity contribution in [2.45, 2.75) is 13.3 Å². The molecule has 0 aliphatic carbocycles. The van der Waals surface area contributed by atoms with E-state index in [1.165, 1.54) is 4.57 Å². The van der Waals surface area contributed by atoms with Gasteiger partial charge in [0.05, 0.1) is 5.69 Å². The monoisotopic (exact) mass is 407 g/mol. The van der Waals surface area contributed by atoms with Crippen LogP contribution in [0.1, 0.15) is 18.1 Å². The van der Waals surface area contributed by atoms with Gasteiger partial charge in [-0.3, -0.25) is 9.36 Å². The molecule has 0 saturated heterocycles. The Balaban J connectivity index is 2.11. The maximum atomic E-state index is 13.6. The van der Waals surface area contributed by atoms with Crippen LogP contribution in [0.5, 0.6) is 0 Å². The number of para-hydroxylation sites is 1. The van der Waals surface area contributed by atoms with Crippen molar-refractivity contribution in [3.63, 3.8) is 0 Å². The lowest BCUT2D eigenvalue weighted by Crippen LogP contribution is -2.27. The molecule has 150 valence electrons. The average molecular weight is 407 g/mol.